The summed E-state index contributed by atoms with van der Waals surface area (Å²) in [5.41, 5.74) is 1.90. The van der Waals surface area contributed by atoms with Crippen LogP contribution < -0.4 is 4.80 Å². The molecule has 1 atom stereocenters. The minimum atomic E-state index is -0.615. The first kappa shape index (κ1) is 21.0. The number of hydrogen-bond acceptors (Lipinski definition) is 4. The van der Waals surface area contributed by atoms with Crippen LogP contribution in [0.3, 0.4) is 0 Å². The molecular formula is C21H25ClFN3OS. The fourth-order valence-electron chi connectivity index (χ4n) is 3.26. The number of aliphatic hydroxyl groups excluding tert-OH is 1. The number of aliphatic hydroxyl groups is 1. The van der Waals surface area contributed by atoms with E-state index in [-0.39, 0.29) is 5.82 Å². The molecule has 0 unspecified atom stereocenters. The zero-order chi connectivity index (χ0) is 20.1. The largest absolute Gasteiger partial charge is 0.387 e. The zero-order valence-electron chi connectivity index (χ0n) is 16.1. The molecule has 7 heteroatoms. The fourth-order valence-corrected chi connectivity index (χ4v) is 4.55. The summed E-state index contributed by atoms with van der Waals surface area (Å²) in [7, 11) is 3.81. The summed E-state index contributed by atoms with van der Waals surface area (Å²) in [6.45, 7) is 2.29. The number of nitrogens with zero attached hydrogens (tertiary/aromatic N) is 3. The van der Waals surface area contributed by atoms with E-state index in [2.05, 4.69) is 14.5 Å². The summed E-state index contributed by atoms with van der Waals surface area (Å²) in [6.07, 6.45) is 1.41. The summed E-state index contributed by atoms with van der Waals surface area (Å²) >= 11 is 7.75. The third-order valence-electron chi connectivity index (χ3n) is 4.75. The third kappa shape index (κ3) is 5.20. The maximum atomic E-state index is 13.0. The van der Waals surface area contributed by atoms with Gasteiger partial charge in [0.2, 0.25) is 0 Å². The van der Waals surface area contributed by atoms with Crippen molar-refractivity contribution in [2.24, 2.45) is 4.99 Å². The highest BCUT2D eigenvalue weighted by Crippen LogP contribution is 2.22. The Kier molecular flexibility index (Phi) is 7.24. The number of unbranched alkanes of at least 4 members (excludes halogenated alkanes) is 1. The van der Waals surface area contributed by atoms with Crippen molar-refractivity contribution in [1.29, 1.82) is 0 Å². The van der Waals surface area contributed by atoms with E-state index in [9.17, 15) is 9.50 Å². The number of fused-ring (bicyclic) bond motifs is 1. The Morgan fingerprint density at radius 2 is 1.96 bits per heavy atom. The number of benzene rings is 2. The summed E-state index contributed by atoms with van der Waals surface area (Å²) in [5.74, 6) is -0.289. The summed E-state index contributed by atoms with van der Waals surface area (Å²) in [6, 6.07) is 12.0. The molecule has 0 aliphatic rings. The molecular weight excluding hydrogens is 397 g/mol. The standard InChI is InChI=1S/C21H25ClFN3OS/c1-24-21-26(18-10-7-16(22)13-20(18)28-21)12-4-3-11-25(2)14-19(27)15-5-8-17(23)9-6-15/h5-10,13,19,27H,3-4,11-12,14H2,1-2H3/t19-/m0/s1. The minimum absolute atomic E-state index is 0.289. The second kappa shape index (κ2) is 9.65. The number of aryl methyl sites for hydroxylation is 1. The van der Waals surface area contributed by atoms with E-state index in [1.54, 1.807) is 23.5 Å². The molecule has 1 heterocycles. The van der Waals surface area contributed by atoms with E-state index >= 15 is 0 Å². The molecule has 28 heavy (non-hydrogen) atoms. The van der Waals surface area contributed by atoms with Crippen LogP contribution >= 0.6 is 22.9 Å². The van der Waals surface area contributed by atoms with Gasteiger partial charge >= 0.3 is 0 Å². The normalized spacial score (nSPS) is 13.6. The lowest BCUT2D eigenvalue weighted by Gasteiger charge is -2.20. The molecule has 4 nitrogen and oxygen atoms in total. The molecule has 0 radical (unpaired) electrons. The molecule has 0 fully saturated rings. The maximum absolute atomic E-state index is 13.0. The SMILES string of the molecule is CN=c1sc2cc(Cl)ccc2n1CCCCN(C)C[C@H](O)c1ccc(F)cc1. The molecule has 0 aliphatic heterocycles. The lowest BCUT2D eigenvalue weighted by molar-refractivity contribution is 0.125. The van der Waals surface area contributed by atoms with Crippen LogP contribution in [0.15, 0.2) is 47.5 Å². The van der Waals surface area contributed by atoms with E-state index in [1.165, 1.54) is 12.1 Å². The van der Waals surface area contributed by atoms with Crippen LogP contribution in [0.2, 0.25) is 5.02 Å². The molecule has 0 bridgehead atoms. The predicted octanol–water partition coefficient (Wildman–Crippen LogP) is 4.47. The van der Waals surface area contributed by atoms with Gasteiger partial charge in [-0.3, -0.25) is 4.99 Å². The zero-order valence-corrected chi connectivity index (χ0v) is 17.7. The van der Waals surface area contributed by atoms with E-state index < -0.39 is 6.10 Å². The van der Waals surface area contributed by atoms with E-state index in [4.69, 9.17) is 11.6 Å². The summed E-state index contributed by atoms with van der Waals surface area (Å²) < 4.78 is 16.4. The first-order valence-electron chi connectivity index (χ1n) is 9.31. The van der Waals surface area contributed by atoms with Gasteiger partial charge in [0.15, 0.2) is 4.80 Å². The first-order valence-corrected chi connectivity index (χ1v) is 10.5. The Hall–Kier alpha value is -1.73. The predicted molar refractivity (Wildman–Crippen MR) is 114 cm³/mol. The van der Waals surface area contributed by atoms with Gasteiger partial charge in [0.05, 0.1) is 16.3 Å². The maximum Gasteiger partial charge on any atom is 0.185 e. The van der Waals surface area contributed by atoms with Gasteiger partial charge in [-0.25, -0.2) is 4.39 Å². The molecule has 3 aromatic rings. The monoisotopic (exact) mass is 421 g/mol. The Labute approximate surface area is 173 Å². The summed E-state index contributed by atoms with van der Waals surface area (Å²) in [4.78, 5) is 7.50. The molecule has 0 amide bonds. The lowest BCUT2D eigenvalue weighted by Crippen LogP contribution is -2.26. The first-order chi connectivity index (χ1) is 13.5. The molecule has 2 aromatic carbocycles. The lowest BCUT2D eigenvalue weighted by atomic mass is 10.1. The van der Waals surface area contributed by atoms with Gasteiger partial charge in [0.25, 0.3) is 0 Å². The second-order valence-corrected chi connectivity index (χ2v) is 8.35. The Balaban J connectivity index is 1.52. The van der Waals surface area contributed by atoms with Crippen LogP contribution in [0, 0.1) is 5.82 Å². The van der Waals surface area contributed by atoms with Crippen LogP contribution in [0.4, 0.5) is 4.39 Å². The van der Waals surface area contributed by atoms with Gasteiger partial charge in [0, 0.05) is 25.2 Å². The van der Waals surface area contributed by atoms with Crippen LogP contribution in [-0.4, -0.2) is 41.8 Å². The van der Waals surface area contributed by atoms with Crippen molar-refractivity contribution in [1.82, 2.24) is 9.47 Å². The van der Waals surface area contributed by atoms with Crippen molar-refractivity contribution < 1.29 is 9.50 Å². The quantitative estimate of drug-likeness (QED) is 0.545. The smallest absolute Gasteiger partial charge is 0.185 e. The van der Waals surface area contributed by atoms with E-state index in [1.807, 2.05) is 32.3 Å². The molecule has 3 rings (SSSR count). The number of likely N-dealkylation sites (N-methyl/N-ethyl adjacent to an activating group) is 1. The number of rotatable bonds is 8. The van der Waals surface area contributed by atoms with Gasteiger partial charge in [0.1, 0.15) is 5.82 Å². The molecule has 0 spiro atoms. The van der Waals surface area contributed by atoms with Crippen molar-refractivity contribution in [3.8, 4) is 0 Å². The molecule has 150 valence electrons. The van der Waals surface area contributed by atoms with Gasteiger partial charge in [-0.05, 0) is 62.3 Å². The van der Waals surface area contributed by atoms with Crippen LogP contribution in [0.5, 0.6) is 0 Å². The third-order valence-corrected chi connectivity index (χ3v) is 6.11. The van der Waals surface area contributed by atoms with E-state index in [0.29, 0.717) is 6.54 Å². The Bertz CT molecular complexity index is 983. The van der Waals surface area contributed by atoms with E-state index in [0.717, 1.165) is 51.5 Å². The van der Waals surface area contributed by atoms with Gasteiger partial charge < -0.3 is 14.6 Å². The second-order valence-electron chi connectivity index (χ2n) is 6.91. The van der Waals surface area contributed by atoms with Crippen molar-refractivity contribution in [3.05, 3.63) is 63.7 Å². The minimum Gasteiger partial charge on any atom is -0.387 e. The van der Waals surface area contributed by atoms with Crippen molar-refractivity contribution in [3.63, 3.8) is 0 Å². The molecule has 1 N–H and O–H groups in total. The van der Waals surface area contributed by atoms with Crippen molar-refractivity contribution in [2.45, 2.75) is 25.5 Å². The van der Waals surface area contributed by atoms with Gasteiger partial charge in [-0.2, -0.15) is 0 Å². The van der Waals surface area contributed by atoms with Crippen LogP contribution in [0.25, 0.3) is 10.2 Å². The highest BCUT2D eigenvalue weighted by Gasteiger charge is 2.11. The van der Waals surface area contributed by atoms with Crippen molar-refractivity contribution >= 4 is 33.2 Å². The average Bonchev–Trinajstić information content (AvgIpc) is 3.02. The number of thiazole rings is 1. The molecule has 0 saturated heterocycles. The van der Waals surface area contributed by atoms with Gasteiger partial charge in [-0.1, -0.05) is 35.1 Å². The molecule has 1 aromatic heterocycles. The Morgan fingerprint density at radius 3 is 2.68 bits per heavy atom. The summed E-state index contributed by atoms with van der Waals surface area (Å²) in [5, 5.41) is 11.0. The molecule has 0 saturated carbocycles. The topological polar surface area (TPSA) is 40.8 Å². The fraction of sp³-hybridized carbons (Fsp3) is 0.381. The van der Waals surface area contributed by atoms with Crippen LogP contribution in [-0.2, 0) is 6.54 Å². The molecule has 0 aliphatic carbocycles. The number of hydrogen-bond donors (Lipinski definition) is 1. The number of halogens is 2. The number of aromatic nitrogens is 1. The van der Waals surface area contributed by atoms with Crippen LogP contribution in [0.1, 0.15) is 24.5 Å². The van der Waals surface area contributed by atoms with Gasteiger partial charge in [-0.15, -0.1) is 0 Å². The highest BCUT2D eigenvalue weighted by atomic mass is 35.5. The van der Waals surface area contributed by atoms with Crippen molar-refractivity contribution in [2.75, 3.05) is 27.2 Å². The highest BCUT2D eigenvalue weighted by molar-refractivity contribution is 7.16. The Morgan fingerprint density at radius 1 is 1.21 bits per heavy atom. The average molecular weight is 422 g/mol.